The van der Waals surface area contributed by atoms with Gasteiger partial charge in [0.2, 0.25) is 6.10 Å². The molecule has 0 saturated heterocycles. The summed E-state index contributed by atoms with van der Waals surface area (Å²) in [6, 6.07) is 14.4. The normalized spacial score (nSPS) is 15.6. The minimum absolute atomic E-state index is 0.184. The third-order valence-electron chi connectivity index (χ3n) is 3.29. The molecule has 23 heavy (non-hydrogen) atoms. The van der Waals surface area contributed by atoms with Crippen LogP contribution in [0.1, 0.15) is 0 Å². The molecule has 0 radical (unpaired) electrons. The van der Waals surface area contributed by atoms with Crippen molar-refractivity contribution < 1.29 is 19.0 Å². The number of nitrogens with one attached hydrogen (secondary N) is 1. The molecule has 0 saturated carbocycles. The molecule has 1 aliphatic rings. The summed E-state index contributed by atoms with van der Waals surface area (Å²) in [6.07, 6.45) is 0.995. The van der Waals surface area contributed by atoms with Gasteiger partial charge in [-0.25, -0.2) is 0 Å². The molecule has 1 heterocycles. The van der Waals surface area contributed by atoms with Gasteiger partial charge >= 0.3 is 0 Å². The standard InChI is InChI=1S/C18H17NO4/c1-2-11-21-14-9-7-13(8-10-14)19-18(20)17-12-22-15-5-3-4-6-16(15)23-17/h2-10,17H,1,11-12H2,(H,19,20)/t17-/m0/s1. The molecule has 5 heteroatoms. The highest BCUT2D eigenvalue weighted by molar-refractivity contribution is 5.94. The number of hydrogen-bond donors (Lipinski definition) is 1. The number of benzene rings is 2. The third kappa shape index (κ3) is 3.63. The molecule has 1 N–H and O–H groups in total. The van der Waals surface area contributed by atoms with E-state index in [1.165, 1.54) is 0 Å². The van der Waals surface area contributed by atoms with E-state index in [1.807, 2.05) is 18.2 Å². The minimum Gasteiger partial charge on any atom is -0.490 e. The molecule has 2 aromatic carbocycles. The van der Waals surface area contributed by atoms with Crippen molar-refractivity contribution in [2.24, 2.45) is 0 Å². The molecular formula is C18H17NO4. The van der Waals surface area contributed by atoms with Crippen LogP contribution in [0.25, 0.3) is 0 Å². The van der Waals surface area contributed by atoms with Crippen molar-refractivity contribution in [2.45, 2.75) is 6.10 Å². The number of hydrogen-bond acceptors (Lipinski definition) is 4. The number of ether oxygens (including phenoxy) is 3. The molecule has 0 spiro atoms. The van der Waals surface area contributed by atoms with Crippen LogP contribution in [-0.4, -0.2) is 25.2 Å². The summed E-state index contributed by atoms with van der Waals surface area (Å²) in [5.41, 5.74) is 0.670. The second-order valence-electron chi connectivity index (χ2n) is 4.98. The second-order valence-corrected chi connectivity index (χ2v) is 4.98. The van der Waals surface area contributed by atoms with Gasteiger partial charge in [-0.1, -0.05) is 24.8 Å². The summed E-state index contributed by atoms with van der Waals surface area (Å²) in [6.45, 7) is 4.22. The van der Waals surface area contributed by atoms with Crippen molar-refractivity contribution in [3.05, 3.63) is 61.2 Å². The summed E-state index contributed by atoms with van der Waals surface area (Å²) in [4.78, 5) is 12.3. The van der Waals surface area contributed by atoms with E-state index in [4.69, 9.17) is 14.2 Å². The molecule has 0 aliphatic carbocycles. The first-order chi connectivity index (χ1) is 11.3. The Morgan fingerprint density at radius 1 is 1.22 bits per heavy atom. The van der Waals surface area contributed by atoms with Gasteiger partial charge in [-0.05, 0) is 36.4 Å². The zero-order chi connectivity index (χ0) is 16.1. The summed E-state index contributed by atoms with van der Waals surface area (Å²) >= 11 is 0. The van der Waals surface area contributed by atoms with Gasteiger partial charge in [-0.2, -0.15) is 0 Å². The Morgan fingerprint density at radius 3 is 2.70 bits per heavy atom. The van der Waals surface area contributed by atoms with Gasteiger partial charge in [-0.15, -0.1) is 0 Å². The largest absolute Gasteiger partial charge is 0.490 e. The van der Waals surface area contributed by atoms with Crippen LogP contribution in [-0.2, 0) is 4.79 Å². The number of carbonyl (C=O) groups excluding carboxylic acids is 1. The van der Waals surface area contributed by atoms with Crippen molar-refractivity contribution in [3.8, 4) is 17.2 Å². The topological polar surface area (TPSA) is 56.8 Å². The van der Waals surface area contributed by atoms with Crippen LogP contribution in [0, 0.1) is 0 Å². The van der Waals surface area contributed by atoms with Crippen LogP contribution in [0.4, 0.5) is 5.69 Å². The van der Waals surface area contributed by atoms with E-state index in [-0.39, 0.29) is 12.5 Å². The fourth-order valence-electron chi connectivity index (χ4n) is 2.16. The van der Waals surface area contributed by atoms with E-state index in [0.29, 0.717) is 29.5 Å². The van der Waals surface area contributed by atoms with Crippen molar-refractivity contribution in [2.75, 3.05) is 18.5 Å². The van der Waals surface area contributed by atoms with Gasteiger partial charge in [0, 0.05) is 5.69 Å². The Balaban J connectivity index is 1.60. The van der Waals surface area contributed by atoms with Crippen molar-refractivity contribution >= 4 is 11.6 Å². The summed E-state index contributed by atoms with van der Waals surface area (Å²) in [5, 5.41) is 2.81. The molecule has 0 aromatic heterocycles. The molecule has 0 fully saturated rings. The predicted octanol–water partition coefficient (Wildman–Crippen LogP) is 3.03. The third-order valence-corrected chi connectivity index (χ3v) is 3.29. The van der Waals surface area contributed by atoms with Crippen LogP contribution in [0.5, 0.6) is 17.2 Å². The van der Waals surface area contributed by atoms with Gasteiger partial charge in [0.1, 0.15) is 19.0 Å². The van der Waals surface area contributed by atoms with Gasteiger partial charge < -0.3 is 19.5 Å². The maximum Gasteiger partial charge on any atom is 0.269 e. The number of para-hydroxylation sites is 2. The van der Waals surface area contributed by atoms with E-state index >= 15 is 0 Å². The average molecular weight is 311 g/mol. The highest BCUT2D eigenvalue weighted by atomic mass is 16.6. The lowest BCUT2D eigenvalue weighted by atomic mass is 10.2. The minimum atomic E-state index is -0.679. The lowest BCUT2D eigenvalue weighted by molar-refractivity contribution is -0.125. The van der Waals surface area contributed by atoms with E-state index in [1.54, 1.807) is 36.4 Å². The van der Waals surface area contributed by atoms with Gasteiger partial charge in [0.25, 0.3) is 5.91 Å². The van der Waals surface area contributed by atoms with Crippen LogP contribution in [0.3, 0.4) is 0 Å². The Bertz CT molecular complexity index is 696. The van der Waals surface area contributed by atoms with Gasteiger partial charge in [-0.3, -0.25) is 4.79 Å². The summed E-state index contributed by atoms with van der Waals surface area (Å²) < 4.78 is 16.6. The van der Waals surface area contributed by atoms with Gasteiger partial charge in [0.05, 0.1) is 0 Å². The fourth-order valence-corrected chi connectivity index (χ4v) is 2.16. The molecule has 2 aromatic rings. The summed E-state index contributed by atoms with van der Waals surface area (Å²) in [7, 11) is 0. The van der Waals surface area contributed by atoms with Crippen molar-refractivity contribution in [3.63, 3.8) is 0 Å². The maximum absolute atomic E-state index is 12.3. The number of rotatable bonds is 5. The molecule has 3 rings (SSSR count). The number of amides is 1. The smallest absolute Gasteiger partial charge is 0.269 e. The van der Waals surface area contributed by atoms with Crippen LogP contribution in [0.15, 0.2) is 61.2 Å². The maximum atomic E-state index is 12.3. The highest BCUT2D eigenvalue weighted by Crippen LogP contribution is 2.31. The predicted molar refractivity (Wildman–Crippen MR) is 87.1 cm³/mol. The SMILES string of the molecule is C=CCOc1ccc(NC(=O)[C@@H]2COc3ccccc3O2)cc1. The quantitative estimate of drug-likeness (QED) is 0.862. The fraction of sp³-hybridized carbons (Fsp3) is 0.167. The van der Waals surface area contributed by atoms with E-state index < -0.39 is 6.10 Å². The molecule has 0 unspecified atom stereocenters. The van der Waals surface area contributed by atoms with Crippen LogP contribution < -0.4 is 19.5 Å². The molecule has 0 bridgehead atoms. The molecule has 1 amide bonds. The lowest BCUT2D eigenvalue weighted by Crippen LogP contribution is -2.40. The zero-order valence-corrected chi connectivity index (χ0v) is 12.5. The van der Waals surface area contributed by atoms with Crippen LogP contribution in [0.2, 0.25) is 0 Å². The number of carbonyl (C=O) groups is 1. The first-order valence-corrected chi connectivity index (χ1v) is 7.29. The van der Waals surface area contributed by atoms with E-state index in [0.717, 1.165) is 0 Å². The number of fused-ring (bicyclic) bond motifs is 1. The molecule has 5 nitrogen and oxygen atoms in total. The zero-order valence-electron chi connectivity index (χ0n) is 12.5. The van der Waals surface area contributed by atoms with Crippen LogP contribution >= 0.6 is 0 Å². The highest BCUT2D eigenvalue weighted by Gasteiger charge is 2.27. The molecule has 1 aliphatic heterocycles. The van der Waals surface area contributed by atoms with E-state index in [2.05, 4.69) is 11.9 Å². The molecule has 118 valence electrons. The van der Waals surface area contributed by atoms with Crippen molar-refractivity contribution in [1.29, 1.82) is 0 Å². The lowest BCUT2D eigenvalue weighted by Gasteiger charge is -2.25. The Morgan fingerprint density at radius 2 is 1.96 bits per heavy atom. The van der Waals surface area contributed by atoms with Gasteiger partial charge in [0.15, 0.2) is 11.5 Å². The Hall–Kier alpha value is -2.95. The summed E-state index contributed by atoms with van der Waals surface area (Å²) in [5.74, 6) is 1.70. The number of anilines is 1. The first kappa shape index (κ1) is 15.0. The second kappa shape index (κ2) is 6.87. The Kier molecular flexibility index (Phi) is 4.47. The molecular weight excluding hydrogens is 294 g/mol. The Labute approximate surface area is 134 Å². The average Bonchev–Trinajstić information content (AvgIpc) is 2.60. The molecule has 1 atom stereocenters. The first-order valence-electron chi connectivity index (χ1n) is 7.29. The van der Waals surface area contributed by atoms with E-state index in [9.17, 15) is 4.79 Å². The monoisotopic (exact) mass is 311 g/mol. The van der Waals surface area contributed by atoms with Crippen molar-refractivity contribution in [1.82, 2.24) is 0 Å².